The number of ether oxygens (including phenoxy) is 2. The molecule has 0 saturated carbocycles. The highest BCUT2D eigenvalue weighted by Crippen LogP contribution is 2.33. The van der Waals surface area contributed by atoms with E-state index in [1.165, 1.54) is 0 Å². The fourth-order valence-corrected chi connectivity index (χ4v) is 2.09. The van der Waals surface area contributed by atoms with Gasteiger partial charge in [-0.1, -0.05) is 0 Å². The van der Waals surface area contributed by atoms with Gasteiger partial charge in [-0.15, -0.1) is 0 Å². The first-order chi connectivity index (χ1) is 9.86. The number of hydrogen-bond acceptors (Lipinski definition) is 5. The van der Waals surface area contributed by atoms with Crippen LogP contribution in [0.15, 0.2) is 30.6 Å². The topological polar surface area (TPSA) is 56.3 Å². The number of aromatic nitrogens is 2. The van der Waals surface area contributed by atoms with Crippen molar-refractivity contribution >= 4 is 5.82 Å². The molecule has 0 spiro atoms. The Morgan fingerprint density at radius 3 is 2.85 bits per heavy atom. The summed E-state index contributed by atoms with van der Waals surface area (Å²) < 4.78 is 11.3. The molecular formula is C15H17N3O2. The zero-order chi connectivity index (χ0) is 13.8. The van der Waals surface area contributed by atoms with Crippen molar-refractivity contribution in [3.05, 3.63) is 30.6 Å². The molecule has 2 aromatic rings. The minimum atomic E-state index is 0.680. The van der Waals surface area contributed by atoms with Crippen LogP contribution in [-0.4, -0.2) is 29.7 Å². The van der Waals surface area contributed by atoms with Crippen LogP contribution in [0.5, 0.6) is 11.5 Å². The lowest BCUT2D eigenvalue weighted by Gasteiger charge is -2.09. The van der Waals surface area contributed by atoms with Crippen molar-refractivity contribution in [3.63, 3.8) is 0 Å². The van der Waals surface area contributed by atoms with Crippen molar-refractivity contribution in [2.24, 2.45) is 0 Å². The van der Waals surface area contributed by atoms with Gasteiger partial charge in [0.1, 0.15) is 5.82 Å². The van der Waals surface area contributed by atoms with Crippen LogP contribution in [0.2, 0.25) is 0 Å². The maximum atomic E-state index is 5.70. The molecule has 0 bridgehead atoms. The Hall–Kier alpha value is -2.30. The Kier molecular flexibility index (Phi) is 3.67. The standard InChI is InChI=1S/C15H17N3O2/c1-2-17-15-10-16-9-12(18-15)11-4-5-13-14(8-11)20-7-3-6-19-13/h4-5,8-10H,2-3,6-7H2,1H3,(H,17,18). The highest BCUT2D eigenvalue weighted by molar-refractivity contribution is 5.64. The van der Waals surface area contributed by atoms with Crippen LogP contribution in [0.4, 0.5) is 5.82 Å². The average Bonchev–Trinajstić information content (AvgIpc) is 2.72. The molecular weight excluding hydrogens is 254 g/mol. The molecule has 1 aliphatic rings. The summed E-state index contributed by atoms with van der Waals surface area (Å²) in [5, 5.41) is 3.16. The Balaban J connectivity index is 1.94. The minimum Gasteiger partial charge on any atom is -0.490 e. The SMILES string of the molecule is CCNc1cncc(-c2ccc3c(c2)OCCCO3)n1. The number of nitrogens with zero attached hydrogens (tertiary/aromatic N) is 2. The summed E-state index contributed by atoms with van der Waals surface area (Å²) >= 11 is 0. The predicted molar refractivity (Wildman–Crippen MR) is 77.2 cm³/mol. The third kappa shape index (κ3) is 2.66. The summed E-state index contributed by atoms with van der Waals surface area (Å²) in [6, 6.07) is 5.87. The molecule has 20 heavy (non-hydrogen) atoms. The lowest BCUT2D eigenvalue weighted by atomic mass is 10.1. The van der Waals surface area contributed by atoms with E-state index < -0.39 is 0 Å². The van der Waals surface area contributed by atoms with E-state index >= 15 is 0 Å². The molecule has 1 aromatic carbocycles. The van der Waals surface area contributed by atoms with E-state index in [4.69, 9.17) is 9.47 Å². The molecule has 0 unspecified atom stereocenters. The molecule has 5 nitrogen and oxygen atoms in total. The number of hydrogen-bond donors (Lipinski definition) is 1. The molecule has 1 N–H and O–H groups in total. The van der Waals surface area contributed by atoms with Crippen molar-refractivity contribution in [2.75, 3.05) is 25.1 Å². The highest BCUT2D eigenvalue weighted by Gasteiger charge is 2.12. The first-order valence-corrected chi connectivity index (χ1v) is 6.83. The van der Waals surface area contributed by atoms with Crippen LogP contribution >= 0.6 is 0 Å². The Labute approximate surface area is 118 Å². The molecule has 3 rings (SSSR count). The Morgan fingerprint density at radius 2 is 2.00 bits per heavy atom. The number of anilines is 1. The van der Waals surface area contributed by atoms with E-state index in [9.17, 15) is 0 Å². The first-order valence-electron chi connectivity index (χ1n) is 6.83. The molecule has 1 aliphatic heterocycles. The smallest absolute Gasteiger partial charge is 0.161 e. The average molecular weight is 271 g/mol. The fourth-order valence-electron chi connectivity index (χ4n) is 2.09. The van der Waals surface area contributed by atoms with Crippen molar-refractivity contribution in [1.29, 1.82) is 0 Å². The molecule has 0 amide bonds. The van der Waals surface area contributed by atoms with Gasteiger partial charge in [0.2, 0.25) is 0 Å². The van der Waals surface area contributed by atoms with Gasteiger partial charge >= 0.3 is 0 Å². The number of nitrogens with one attached hydrogen (secondary N) is 1. The third-order valence-electron chi connectivity index (χ3n) is 3.04. The lowest BCUT2D eigenvalue weighted by Crippen LogP contribution is -2.00. The summed E-state index contributed by atoms with van der Waals surface area (Å²) in [4.78, 5) is 8.75. The molecule has 0 aliphatic carbocycles. The summed E-state index contributed by atoms with van der Waals surface area (Å²) in [5.41, 5.74) is 1.79. The van der Waals surface area contributed by atoms with Gasteiger partial charge in [-0.05, 0) is 25.1 Å². The largest absolute Gasteiger partial charge is 0.490 e. The molecule has 0 atom stereocenters. The van der Waals surface area contributed by atoms with Crippen molar-refractivity contribution in [2.45, 2.75) is 13.3 Å². The zero-order valence-corrected chi connectivity index (χ0v) is 11.4. The van der Waals surface area contributed by atoms with E-state index in [0.717, 1.165) is 41.5 Å². The van der Waals surface area contributed by atoms with Gasteiger partial charge in [-0.25, -0.2) is 4.98 Å². The van der Waals surface area contributed by atoms with Crippen LogP contribution in [0.1, 0.15) is 13.3 Å². The summed E-state index contributed by atoms with van der Waals surface area (Å²) in [6.45, 7) is 4.23. The van der Waals surface area contributed by atoms with Crippen LogP contribution < -0.4 is 14.8 Å². The maximum absolute atomic E-state index is 5.70. The predicted octanol–water partition coefficient (Wildman–Crippen LogP) is 2.74. The molecule has 1 aromatic heterocycles. The Morgan fingerprint density at radius 1 is 1.15 bits per heavy atom. The molecule has 0 radical (unpaired) electrons. The number of rotatable bonds is 3. The molecule has 104 valence electrons. The summed E-state index contributed by atoms with van der Waals surface area (Å²) in [6.07, 6.45) is 4.37. The van der Waals surface area contributed by atoms with E-state index in [2.05, 4.69) is 15.3 Å². The second kappa shape index (κ2) is 5.77. The quantitative estimate of drug-likeness (QED) is 0.930. The highest BCUT2D eigenvalue weighted by atomic mass is 16.5. The summed E-state index contributed by atoms with van der Waals surface area (Å²) in [7, 11) is 0. The van der Waals surface area contributed by atoms with Crippen LogP contribution in [0.3, 0.4) is 0 Å². The summed E-state index contributed by atoms with van der Waals surface area (Å²) in [5.74, 6) is 2.34. The van der Waals surface area contributed by atoms with E-state index in [0.29, 0.717) is 13.2 Å². The van der Waals surface area contributed by atoms with Gasteiger partial charge in [0, 0.05) is 18.5 Å². The van der Waals surface area contributed by atoms with Crippen LogP contribution in [0, 0.1) is 0 Å². The second-order valence-electron chi connectivity index (χ2n) is 4.53. The molecule has 5 heteroatoms. The first kappa shape index (κ1) is 12.7. The van der Waals surface area contributed by atoms with Gasteiger partial charge in [0.15, 0.2) is 11.5 Å². The van der Waals surface area contributed by atoms with Crippen LogP contribution in [0.25, 0.3) is 11.3 Å². The zero-order valence-electron chi connectivity index (χ0n) is 11.4. The molecule has 2 heterocycles. The lowest BCUT2D eigenvalue weighted by molar-refractivity contribution is 0.297. The minimum absolute atomic E-state index is 0.680. The van der Waals surface area contributed by atoms with Gasteiger partial charge in [-0.3, -0.25) is 4.98 Å². The second-order valence-corrected chi connectivity index (χ2v) is 4.53. The Bertz CT molecular complexity index is 601. The van der Waals surface area contributed by atoms with Gasteiger partial charge in [0.05, 0.1) is 31.3 Å². The molecule has 0 fully saturated rings. The van der Waals surface area contributed by atoms with Crippen molar-refractivity contribution in [1.82, 2.24) is 9.97 Å². The van der Waals surface area contributed by atoms with Crippen molar-refractivity contribution in [3.8, 4) is 22.8 Å². The van der Waals surface area contributed by atoms with E-state index in [1.54, 1.807) is 12.4 Å². The van der Waals surface area contributed by atoms with E-state index in [-0.39, 0.29) is 0 Å². The monoisotopic (exact) mass is 271 g/mol. The van der Waals surface area contributed by atoms with Gasteiger partial charge in [0.25, 0.3) is 0 Å². The number of benzene rings is 1. The van der Waals surface area contributed by atoms with Gasteiger partial charge in [-0.2, -0.15) is 0 Å². The third-order valence-corrected chi connectivity index (χ3v) is 3.04. The normalized spacial score (nSPS) is 13.7. The van der Waals surface area contributed by atoms with Crippen molar-refractivity contribution < 1.29 is 9.47 Å². The van der Waals surface area contributed by atoms with Gasteiger partial charge < -0.3 is 14.8 Å². The van der Waals surface area contributed by atoms with E-state index in [1.807, 2.05) is 25.1 Å². The maximum Gasteiger partial charge on any atom is 0.161 e. The molecule has 0 saturated heterocycles. The number of fused-ring (bicyclic) bond motifs is 1. The fraction of sp³-hybridized carbons (Fsp3) is 0.333. The van der Waals surface area contributed by atoms with Crippen LogP contribution in [-0.2, 0) is 0 Å².